The number of nitrogens with two attached hydrogens (primary N) is 1. The van der Waals surface area contributed by atoms with Crippen LogP contribution in [0.4, 0.5) is 0 Å². The van der Waals surface area contributed by atoms with Crippen LogP contribution < -0.4 is 10.5 Å². The number of hydrogen-bond acceptors (Lipinski definition) is 3. The summed E-state index contributed by atoms with van der Waals surface area (Å²) < 4.78 is 5.36. The van der Waals surface area contributed by atoms with Gasteiger partial charge in [0, 0.05) is 12.0 Å². The van der Waals surface area contributed by atoms with E-state index < -0.39 is 0 Å². The minimum atomic E-state index is -0.363. The van der Waals surface area contributed by atoms with Gasteiger partial charge in [-0.25, -0.2) is 0 Å². The molecule has 0 atom stereocenters. The summed E-state index contributed by atoms with van der Waals surface area (Å²) in [6.07, 6.45) is 2.74. The van der Waals surface area contributed by atoms with Crippen molar-refractivity contribution in [2.45, 2.75) is 25.8 Å². The summed E-state index contributed by atoms with van der Waals surface area (Å²) in [5.74, 6) is 0.910. The number of aromatic nitrogens is 1. The average molecular weight is 178 g/mol. The van der Waals surface area contributed by atoms with E-state index in [1.807, 2.05) is 19.9 Å². The molecule has 70 valence electrons. The molecule has 1 aliphatic heterocycles. The quantitative estimate of drug-likeness (QED) is 0.703. The average Bonchev–Trinajstić information content (AvgIpc) is 2.47. The maximum Gasteiger partial charge on any atom is 0.140 e. The summed E-state index contributed by atoms with van der Waals surface area (Å²) in [6, 6.07) is 2.04. The summed E-state index contributed by atoms with van der Waals surface area (Å²) in [4.78, 5) is 4.27. The Bertz CT molecular complexity index is 328. The molecule has 0 saturated carbocycles. The summed E-state index contributed by atoms with van der Waals surface area (Å²) in [7, 11) is 0. The predicted molar refractivity (Wildman–Crippen MR) is 50.6 cm³/mol. The van der Waals surface area contributed by atoms with E-state index in [9.17, 15) is 0 Å². The molecule has 3 nitrogen and oxygen atoms in total. The van der Waals surface area contributed by atoms with Gasteiger partial charge in [0.1, 0.15) is 5.75 Å². The summed E-state index contributed by atoms with van der Waals surface area (Å²) >= 11 is 0. The Morgan fingerprint density at radius 2 is 2.31 bits per heavy atom. The zero-order valence-corrected chi connectivity index (χ0v) is 8.00. The monoisotopic (exact) mass is 178 g/mol. The first kappa shape index (κ1) is 8.51. The van der Waals surface area contributed by atoms with Gasteiger partial charge < -0.3 is 10.5 Å². The van der Waals surface area contributed by atoms with Gasteiger partial charge in [-0.05, 0) is 19.9 Å². The van der Waals surface area contributed by atoms with Crippen molar-refractivity contribution in [3.63, 3.8) is 0 Å². The molecule has 1 aromatic heterocycles. The maximum atomic E-state index is 5.95. The summed E-state index contributed by atoms with van der Waals surface area (Å²) in [6.45, 7) is 4.68. The molecule has 2 N–H and O–H groups in total. The van der Waals surface area contributed by atoms with E-state index in [4.69, 9.17) is 10.5 Å². The Morgan fingerprint density at radius 3 is 3.00 bits per heavy atom. The highest BCUT2D eigenvalue weighted by Crippen LogP contribution is 2.27. The first-order valence-electron chi connectivity index (χ1n) is 4.48. The molecule has 0 radical (unpaired) electrons. The number of pyridine rings is 1. The lowest BCUT2D eigenvalue weighted by Crippen LogP contribution is -2.29. The van der Waals surface area contributed by atoms with E-state index in [0.29, 0.717) is 0 Å². The van der Waals surface area contributed by atoms with E-state index in [-0.39, 0.29) is 5.54 Å². The van der Waals surface area contributed by atoms with E-state index in [1.165, 1.54) is 5.56 Å². The van der Waals surface area contributed by atoms with Gasteiger partial charge >= 0.3 is 0 Å². The van der Waals surface area contributed by atoms with Gasteiger partial charge in [0.25, 0.3) is 0 Å². The standard InChI is InChI=1S/C10H14N2O/c1-10(2,11)9-5-7-3-4-13-8(7)6-12-9/h5-6H,3-4,11H2,1-2H3. The molecule has 1 aromatic rings. The lowest BCUT2D eigenvalue weighted by atomic mass is 9.99. The second-order valence-electron chi connectivity index (χ2n) is 4.00. The number of nitrogens with zero attached hydrogens (tertiary/aromatic N) is 1. The van der Waals surface area contributed by atoms with Crippen molar-refractivity contribution in [2.75, 3.05) is 6.61 Å². The van der Waals surface area contributed by atoms with Gasteiger partial charge in [-0.3, -0.25) is 4.98 Å². The van der Waals surface area contributed by atoms with Crippen molar-refractivity contribution in [1.82, 2.24) is 4.98 Å². The Balaban J connectivity index is 2.42. The number of hydrogen-bond donors (Lipinski definition) is 1. The smallest absolute Gasteiger partial charge is 0.140 e. The van der Waals surface area contributed by atoms with E-state index in [1.54, 1.807) is 6.20 Å². The molecule has 13 heavy (non-hydrogen) atoms. The van der Waals surface area contributed by atoms with Crippen LogP contribution in [0.1, 0.15) is 25.1 Å². The minimum absolute atomic E-state index is 0.363. The normalized spacial score (nSPS) is 15.3. The lowest BCUT2D eigenvalue weighted by molar-refractivity contribution is 0.355. The predicted octanol–water partition coefficient (Wildman–Crippen LogP) is 1.21. The summed E-state index contributed by atoms with van der Waals surface area (Å²) in [5, 5.41) is 0. The van der Waals surface area contributed by atoms with E-state index >= 15 is 0 Å². The molecule has 3 heteroatoms. The van der Waals surface area contributed by atoms with Crippen LogP contribution >= 0.6 is 0 Å². The molecule has 0 bridgehead atoms. The number of ether oxygens (including phenoxy) is 1. The molecular formula is C10H14N2O. The molecule has 0 unspecified atom stereocenters. The topological polar surface area (TPSA) is 48.1 Å². The van der Waals surface area contributed by atoms with Gasteiger partial charge in [-0.15, -0.1) is 0 Å². The SMILES string of the molecule is CC(C)(N)c1cc2c(cn1)OCC2. The Morgan fingerprint density at radius 1 is 1.54 bits per heavy atom. The highest BCUT2D eigenvalue weighted by atomic mass is 16.5. The third-order valence-electron chi connectivity index (χ3n) is 2.24. The molecule has 2 heterocycles. The molecule has 0 spiro atoms. The zero-order chi connectivity index (χ0) is 9.47. The molecule has 2 rings (SSSR count). The second-order valence-corrected chi connectivity index (χ2v) is 4.00. The van der Waals surface area contributed by atoms with Crippen LogP contribution in [0.25, 0.3) is 0 Å². The van der Waals surface area contributed by atoms with Crippen molar-refractivity contribution in [2.24, 2.45) is 5.73 Å². The molecule has 0 fully saturated rings. The van der Waals surface area contributed by atoms with Crippen molar-refractivity contribution in [3.8, 4) is 5.75 Å². The van der Waals surface area contributed by atoms with Gasteiger partial charge in [-0.1, -0.05) is 0 Å². The van der Waals surface area contributed by atoms with Crippen molar-refractivity contribution >= 4 is 0 Å². The molecular weight excluding hydrogens is 164 g/mol. The molecule has 0 amide bonds. The maximum absolute atomic E-state index is 5.95. The van der Waals surface area contributed by atoms with E-state index in [2.05, 4.69) is 4.98 Å². The van der Waals surface area contributed by atoms with Crippen LogP contribution in [0.5, 0.6) is 5.75 Å². The molecule has 0 aromatic carbocycles. The Kier molecular flexibility index (Phi) is 1.77. The van der Waals surface area contributed by atoms with Gasteiger partial charge in [0.15, 0.2) is 0 Å². The first-order chi connectivity index (χ1) is 6.07. The second kappa shape index (κ2) is 2.70. The van der Waals surface area contributed by atoms with Gasteiger partial charge in [0.2, 0.25) is 0 Å². The first-order valence-corrected chi connectivity index (χ1v) is 4.48. The fourth-order valence-electron chi connectivity index (χ4n) is 1.43. The minimum Gasteiger partial charge on any atom is -0.491 e. The Hall–Kier alpha value is -1.09. The summed E-state index contributed by atoms with van der Waals surface area (Å²) in [5.41, 5.74) is 7.74. The lowest BCUT2D eigenvalue weighted by Gasteiger charge is -2.18. The largest absolute Gasteiger partial charge is 0.491 e. The fourth-order valence-corrected chi connectivity index (χ4v) is 1.43. The molecule has 0 saturated heterocycles. The van der Waals surface area contributed by atoms with E-state index in [0.717, 1.165) is 24.5 Å². The molecule has 0 aliphatic carbocycles. The van der Waals surface area contributed by atoms with Crippen LogP contribution in [0.2, 0.25) is 0 Å². The van der Waals surface area contributed by atoms with Crippen LogP contribution in [0, 0.1) is 0 Å². The van der Waals surface area contributed by atoms with Crippen LogP contribution in [-0.2, 0) is 12.0 Å². The Labute approximate surface area is 77.9 Å². The third-order valence-corrected chi connectivity index (χ3v) is 2.24. The van der Waals surface area contributed by atoms with Crippen LogP contribution in [0.3, 0.4) is 0 Å². The van der Waals surface area contributed by atoms with Gasteiger partial charge in [0.05, 0.1) is 24.0 Å². The highest BCUT2D eigenvalue weighted by Gasteiger charge is 2.20. The van der Waals surface area contributed by atoms with Gasteiger partial charge in [-0.2, -0.15) is 0 Å². The fraction of sp³-hybridized carbons (Fsp3) is 0.500. The van der Waals surface area contributed by atoms with Crippen molar-refractivity contribution in [1.29, 1.82) is 0 Å². The highest BCUT2D eigenvalue weighted by molar-refractivity contribution is 5.36. The van der Waals surface area contributed by atoms with Crippen molar-refractivity contribution < 1.29 is 4.74 Å². The van der Waals surface area contributed by atoms with Crippen molar-refractivity contribution in [3.05, 3.63) is 23.5 Å². The number of rotatable bonds is 1. The molecule has 1 aliphatic rings. The third kappa shape index (κ3) is 1.52. The number of fused-ring (bicyclic) bond motifs is 1. The zero-order valence-electron chi connectivity index (χ0n) is 8.00. The van der Waals surface area contributed by atoms with Crippen LogP contribution in [-0.4, -0.2) is 11.6 Å². The van der Waals surface area contributed by atoms with Crippen LogP contribution in [0.15, 0.2) is 12.3 Å².